The molecule has 0 radical (unpaired) electrons. The summed E-state index contributed by atoms with van der Waals surface area (Å²) in [5.74, 6) is -1.08. The highest BCUT2D eigenvalue weighted by molar-refractivity contribution is 5.69. The van der Waals surface area contributed by atoms with Crippen molar-refractivity contribution in [2.24, 2.45) is 0 Å². The minimum absolute atomic E-state index is 0.00586. The Bertz CT molecular complexity index is 404. The summed E-state index contributed by atoms with van der Waals surface area (Å²) in [6.07, 6.45) is 0. The predicted molar refractivity (Wildman–Crippen MR) is 64.3 cm³/mol. The maximum atomic E-state index is 13.1. The van der Waals surface area contributed by atoms with Crippen LogP contribution in [0.15, 0.2) is 18.2 Å². The summed E-state index contributed by atoms with van der Waals surface area (Å²) in [4.78, 5) is 12.6. The minimum atomic E-state index is -0.850. The maximum absolute atomic E-state index is 13.1. The van der Waals surface area contributed by atoms with Crippen LogP contribution in [0.25, 0.3) is 0 Å². The van der Waals surface area contributed by atoms with Crippen LogP contribution in [0.5, 0.6) is 0 Å². The lowest BCUT2D eigenvalue weighted by atomic mass is 10.1. The number of benzene rings is 1. The molecule has 0 heterocycles. The Hall–Kier alpha value is -1.42. The highest BCUT2D eigenvalue weighted by Gasteiger charge is 2.14. The predicted octanol–water partition coefficient (Wildman–Crippen LogP) is 2.43. The van der Waals surface area contributed by atoms with Crippen LogP contribution >= 0.6 is 0 Å². The number of rotatable bonds is 5. The molecule has 1 N–H and O–H groups in total. The van der Waals surface area contributed by atoms with Crippen molar-refractivity contribution in [2.45, 2.75) is 33.4 Å². The summed E-state index contributed by atoms with van der Waals surface area (Å²) in [5, 5.41) is 8.81. The van der Waals surface area contributed by atoms with Crippen molar-refractivity contribution in [1.82, 2.24) is 4.90 Å². The SMILES string of the molecule is Cc1cc(CN(CC(=O)O)C(C)C)ccc1F. The first kappa shape index (κ1) is 13.6. The fourth-order valence-electron chi connectivity index (χ4n) is 1.63. The molecule has 94 valence electrons. The molecule has 1 rings (SSSR count). The van der Waals surface area contributed by atoms with Crippen LogP contribution in [0.2, 0.25) is 0 Å². The molecule has 1 aromatic rings. The van der Waals surface area contributed by atoms with Crippen LogP contribution in [0.3, 0.4) is 0 Å². The van der Waals surface area contributed by atoms with E-state index in [-0.39, 0.29) is 18.4 Å². The van der Waals surface area contributed by atoms with Crippen LogP contribution in [0.1, 0.15) is 25.0 Å². The van der Waals surface area contributed by atoms with E-state index in [1.165, 1.54) is 6.07 Å². The molecule has 0 aliphatic heterocycles. The Labute approximate surface area is 101 Å². The smallest absolute Gasteiger partial charge is 0.317 e. The zero-order chi connectivity index (χ0) is 13.0. The van der Waals surface area contributed by atoms with Gasteiger partial charge in [-0.05, 0) is 38.0 Å². The third-order valence-electron chi connectivity index (χ3n) is 2.68. The molecule has 0 atom stereocenters. The summed E-state index contributed by atoms with van der Waals surface area (Å²) in [7, 11) is 0. The van der Waals surface area contributed by atoms with E-state index < -0.39 is 5.97 Å². The molecule has 0 amide bonds. The maximum Gasteiger partial charge on any atom is 0.317 e. The Morgan fingerprint density at radius 3 is 2.59 bits per heavy atom. The van der Waals surface area contributed by atoms with E-state index in [1.54, 1.807) is 19.1 Å². The van der Waals surface area contributed by atoms with Gasteiger partial charge in [0.1, 0.15) is 5.82 Å². The van der Waals surface area contributed by atoms with Crippen molar-refractivity contribution < 1.29 is 14.3 Å². The van der Waals surface area contributed by atoms with E-state index in [1.807, 2.05) is 18.7 Å². The molecule has 0 fully saturated rings. The van der Waals surface area contributed by atoms with Crippen LogP contribution in [0.4, 0.5) is 4.39 Å². The van der Waals surface area contributed by atoms with Crippen molar-refractivity contribution >= 4 is 5.97 Å². The second-order valence-electron chi connectivity index (χ2n) is 4.48. The summed E-state index contributed by atoms with van der Waals surface area (Å²) in [5.41, 5.74) is 1.51. The fraction of sp³-hybridized carbons (Fsp3) is 0.462. The molecule has 0 aliphatic carbocycles. The summed E-state index contributed by atoms with van der Waals surface area (Å²) in [6, 6.07) is 5.01. The molecule has 0 bridgehead atoms. The van der Waals surface area contributed by atoms with Gasteiger partial charge in [0.15, 0.2) is 0 Å². The molecule has 0 saturated carbocycles. The lowest BCUT2D eigenvalue weighted by Crippen LogP contribution is -2.35. The topological polar surface area (TPSA) is 40.5 Å². The van der Waals surface area contributed by atoms with E-state index in [4.69, 9.17) is 5.11 Å². The van der Waals surface area contributed by atoms with Crippen molar-refractivity contribution in [3.8, 4) is 0 Å². The quantitative estimate of drug-likeness (QED) is 0.858. The number of hydrogen-bond donors (Lipinski definition) is 1. The van der Waals surface area contributed by atoms with Gasteiger partial charge in [-0.1, -0.05) is 12.1 Å². The van der Waals surface area contributed by atoms with Gasteiger partial charge in [-0.25, -0.2) is 4.39 Å². The summed E-state index contributed by atoms with van der Waals surface area (Å²) < 4.78 is 13.1. The van der Waals surface area contributed by atoms with Crippen molar-refractivity contribution in [3.63, 3.8) is 0 Å². The van der Waals surface area contributed by atoms with E-state index >= 15 is 0 Å². The normalized spacial score (nSPS) is 11.2. The van der Waals surface area contributed by atoms with Gasteiger partial charge in [-0.2, -0.15) is 0 Å². The number of nitrogens with zero attached hydrogens (tertiary/aromatic N) is 1. The molecular formula is C13H18FNO2. The first-order valence-electron chi connectivity index (χ1n) is 5.61. The van der Waals surface area contributed by atoms with Crippen molar-refractivity contribution in [2.75, 3.05) is 6.54 Å². The monoisotopic (exact) mass is 239 g/mol. The van der Waals surface area contributed by atoms with Gasteiger partial charge in [-0.3, -0.25) is 9.69 Å². The Kier molecular flexibility index (Phi) is 4.63. The third-order valence-corrected chi connectivity index (χ3v) is 2.68. The number of aryl methyl sites for hydroxylation is 1. The molecule has 0 unspecified atom stereocenters. The van der Waals surface area contributed by atoms with Gasteiger partial charge in [-0.15, -0.1) is 0 Å². The number of carboxylic acids is 1. The van der Waals surface area contributed by atoms with E-state index in [0.29, 0.717) is 12.1 Å². The largest absolute Gasteiger partial charge is 0.480 e. The average Bonchev–Trinajstić information content (AvgIpc) is 2.21. The second-order valence-corrected chi connectivity index (χ2v) is 4.48. The van der Waals surface area contributed by atoms with Crippen molar-refractivity contribution in [1.29, 1.82) is 0 Å². The number of halogens is 1. The number of hydrogen-bond acceptors (Lipinski definition) is 2. The molecule has 0 aromatic heterocycles. The van der Waals surface area contributed by atoms with Gasteiger partial charge in [0.2, 0.25) is 0 Å². The van der Waals surface area contributed by atoms with Gasteiger partial charge < -0.3 is 5.11 Å². The summed E-state index contributed by atoms with van der Waals surface area (Å²) >= 11 is 0. The Balaban J connectivity index is 2.78. The van der Waals surface area contributed by atoms with Crippen LogP contribution in [0, 0.1) is 12.7 Å². The van der Waals surface area contributed by atoms with Crippen LogP contribution < -0.4 is 0 Å². The number of aliphatic carboxylic acids is 1. The minimum Gasteiger partial charge on any atom is -0.480 e. The van der Waals surface area contributed by atoms with Gasteiger partial charge in [0.05, 0.1) is 6.54 Å². The molecule has 3 nitrogen and oxygen atoms in total. The number of carboxylic acid groups (broad SMARTS) is 1. The molecule has 0 spiro atoms. The van der Waals surface area contributed by atoms with Gasteiger partial charge >= 0.3 is 5.97 Å². The average molecular weight is 239 g/mol. The molecule has 4 heteroatoms. The molecular weight excluding hydrogens is 221 g/mol. The summed E-state index contributed by atoms with van der Waals surface area (Å²) in [6.45, 7) is 6.10. The van der Waals surface area contributed by atoms with E-state index in [9.17, 15) is 9.18 Å². The van der Waals surface area contributed by atoms with Crippen LogP contribution in [-0.2, 0) is 11.3 Å². The van der Waals surface area contributed by atoms with Crippen molar-refractivity contribution in [3.05, 3.63) is 35.1 Å². The van der Waals surface area contributed by atoms with E-state index in [0.717, 1.165) is 5.56 Å². The Morgan fingerprint density at radius 2 is 2.12 bits per heavy atom. The first-order valence-corrected chi connectivity index (χ1v) is 5.61. The highest BCUT2D eigenvalue weighted by atomic mass is 19.1. The number of carbonyl (C=O) groups is 1. The molecule has 0 saturated heterocycles. The third kappa shape index (κ3) is 4.15. The fourth-order valence-corrected chi connectivity index (χ4v) is 1.63. The highest BCUT2D eigenvalue weighted by Crippen LogP contribution is 2.12. The first-order chi connectivity index (χ1) is 7.90. The van der Waals surface area contributed by atoms with Gasteiger partial charge in [0.25, 0.3) is 0 Å². The zero-order valence-corrected chi connectivity index (χ0v) is 10.4. The standard InChI is InChI=1S/C13H18FNO2/c1-9(2)15(8-13(16)17)7-11-4-5-12(14)10(3)6-11/h4-6,9H,7-8H2,1-3H3,(H,16,17). The molecule has 1 aromatic carbocycles. The lowest BCUT2D eigenvalue weighted by molar-refractivity contribution is -0.138. The van der Waals surface area contributed by atoms with Crippen LogP contribution in [-0.4, -0.2) is 28.6 Å². The molecule has 17 heavy (non-hydrogen) atoms. The van der Waals surface area contributed by atoms with Gasteiger partial charge in [0, 0.05) is 12.6 Å². The Morgan fingerprint density at radius 1 is 1.47 bits per heavy atom. The second kappa shape index (κ2) is 5.77. The lowest BCUT2D eigenvalue weighted by Gasteiger charge is -2.24. The zero-order valence-electron chi connectivity index (χ0n) is 10.4. The molecule has 0 aliphatic rings. The van der Waals surface area contributed by atoms with E-state index in [2.05, 4.69) is 0 Å².